The van der Waals surface area contributed by atoms with Gasteiger partial charge in [-0.1, -0.05) is 18.2 Å². The second-order valence-corrected chi connectivity index (χ2v) is 5.26. The molecule has 1 aliphatic rings. The molecule has 23 heavy (non-hydrogen) atoms. The van der Waals surface area contributed by atoms with Crippen molar-refractivity contribution in [1.82, 2.24) is 9.55 Å². The maximum Gasteiger partial charge on any atom is 0.421 e. The number of fused-ring (bicyclic) bond motifs is 1. The standard InChI is InChI=1S/C16H13N3O4/c20-15-18(11-5-2-1-3-6-11)9-12(22-15)10-19-14-13(23-16(19)21)7-4-8-17-14/h1-8,12H,9-10H2/t12-/m1/s1. The molecule has 3 aromatic rings. The van der Waals surface area contributed by atoms with E-state index in [1.54, 1.807) is 23.2 Å². The SMILES string of the molecule is O=C1O[C@@H](Cn2c(=O)oc3cccnc32)CN1c1ccccc1. The molecule has 4 rings (SSSR count). The summed E-state index contributed by atoms with van der Waals surface area (Å²) in [7, 11) is 0. The van der Waals surface area contributed by atoms with Crippen LogP contribution < -0.4 is 10.7 Å². The van der Waals surface area contributed by atoms with Gasteiger partial charge in [-0.25, -0.2) is 14.6 Å². The van der Waals surface area contributed by atoms with E-state index < -0.39 is 18.0 Å². The Kier molecular flexibility index (Phi) is 3.11. The van der Waals surface area contributed by atoms with Gasteiger partial charge in [0.05, 0.1) is 13.1 Å². The molecule has 1 aromatic carbocycles. The number of carbonyl (C=O) groups is 1. The van der Waals surface area contributed by atoms with Crippen LogP contribution in [0.5, 0.6) is 0 Å². The molecular weight excluding hydrogens is 298 g/mol. The summed E-state index contributed by atoms with van der Waals surface area (Å²) in [6.07, 6.45) is 0.725. The number of rotatable bonds is 3. The molecule has 0 bridgehead atoms. The highest BCUT2D eigenvalue weighted by atomic mass is 16.6. The minimum Gasteiger partial charge on any atom is -0.442 e. The number of aromatic nitrogens is 2. The summed E-state index contributed by atoms with van der Waals surface area (Å²) in [5.41, 5.74) is 1.64. The van der Waals surface area contributed by atoms with Gasteiger partial charge < -0.3 is 9.15 Å². The number of benzene rings is 1. The zero-order valence-electron chi connectivity index (χ0n) is 12.1. The lowest BCUT2D eigenvalue weighted by molar-refractivity contribution is 0.131. The molecule has 0 spiro atoms. The van der Waals surface area contributed by atoms with Crippen molar-refractivity contribution in [2.24, 2.45) is 0 Å². The molecular formula is C16H13N3O4. The fraction of sp³-hybridized carbons (Fsp3) is 0.188. The average molecular weight is 311 g/mol. The highest BCUT2D eigenvalue weighted by Gasteiger charge is 2.33. The monoisotopic (exact) mass is 311 g/mol. The molecule has 116 valence electrons. The molecule has 3 heterocycles. The molecule has 1 aliphatic heterocycles. The molecule has 0 radical (unpaired) electrons. The van der Waals surface area contributed by atoms with E-state index in [4.69, 9.17) is 9.15 Å². The van der Waals surface area contributed by atoms with Gasteiger partial charge in [-0.3, -0.25) is 9.47 Å². The topological polar surface area (TPSA) is 77.6 Å². The molecule has 0 unspecified atom stereocenters. The van der Waals surface area contributed by atoms with Gasteiger partial charge in [-0.15, -0.1) is 0 Å². The van der Waals surface area contributed by atoms with Gasteiger partial charge in [0.2, 0.25) is 0 Å². The molecule has 2 aromatic heterocycles. The zero-order valence-corrected chi connectivity index (χ0v) is 12.1. The van der Waals surface area contributed by atoms with Crippen LogP contribution in [-0.4, -0.2) is 28.3 Å². The lowest BCUT2D eigenvalue weighted by Crippen LogP contribution is -2.28. The number of para-hydroxylation sites is 1. The summed E-state index contributed by atoms with van der Waals surface area (Å²) in [4.78, 5) is 29.7. The largest absolute Gasteiger partial charge is 0.442 e. The van der Waals surface area contributed by atoms with Crippen molar-refractivity contribution in [2.45, 2.75) is 12.6 Å². The number of carbonyl (C=O) groups excluding carboxylic acids is 1. The summed E-state index contributed by atoms with van der Waals surface area (Å²) in [6.45, 7) is 0.576. The number of pyridine rings is 1. The zero-order chi connectivity index (χ0) is 15.8. The minimum absolute atomic E-state index is 0.206. The summed E-state index contributed by atoms with van der Waals surface area (Å²) in [5.74, 6) is -0.507. The molecule has 7 nitrogen and oxygen atoms in total. The number of nitrogens with zero attached hydrogens (tertiary/aromatic N) is 3. The van der Waals surface area contributed by atoms with Crippen molar-refractivity contribution in [3.05, 3.63) is 59.2 Å². The Hall–Kier alpha value is -3.09. The first-order valence-electron chi connectivity index (χ1n) is 7.20. The van der Waals surface area contributed by atoms with Gasteiger partial charge in [0, 0.05) is 11.9 Å². The Balaban J connectivity index is 1.59. The maximum atomic E-state index is 12.0. The van der Waals surface area contributed by atoms with Crippen molar-refractivity contribution in [2.75, 3.05) is 11.4 Å². The lowest BCUT2D eigenvalue weighted by atomic mass is 10.2. The van der Waals surface area contributed by atoms with Crippen LogP contribution in [0, 0.1) is 0 Å². The number of hydrogen-bond donors (Lipinski definition) is 0. The highest BCUT2D eigenvalue weighted by Crippen LogP contribution is 2.22. The van der Waals surface area contributed by atoms with Crippen LogP contribution >= 0.6 is 0 Å². The Morgan fingerprint density at radius 1 is 1.13 bits per heavy atom. The van der Waals surface area contributed by atoms with Gasteiger partial charge >= 0.3 is 11.8 Å². The van der Waals surface area contributed by atoms with Crippen molar-refractivity contribution in [3.8, 4) is 0 Å². The lowest BCUT2D eigenvalue weighted by Gasteiger charge is -2.12. The van der Waals surface area contributed by atoms with Gasteiger partial charge in [-0.05, 0) is 24.3 Å². The van der Waals surface area contributed by atoms with Crippen LogP contribution in [0.4, 0.5) is 10.5 Å². The number of anilines is 1. The number of oxazole rings is 1. The van der Waals surface area contributed by atoms with E-state index in [1.165, 1.54) is 4.57 Å². The summed E-state index contributed by atoms with van der Waals surface area (Å²) < 4.78 is 11.9. The number of cyclic esters (lactones) is 1. The Morgan fingerprint density at radius 2 is 1.96 bits per heavy atom. The van der Waals surface area contributed by atoms with Crippen molar-refractivity contribution in [3.63, 3.8) is 0 Å². The summed E-state index contributed by atoms with van der Waals surface area (Å²) in [5, 5.41) is 0. The molecule has 0 N–H and O–H groups in total. The molecule has 1 fully saturated rings. The number of hydrogen-bond acceptors (Lipinski definition) is 5. The molecule has 1 atom stereocenters. The van der Waals surface area contributed by atoms with E-state index in [1.807, 2.05) is 30.3 Å². The number of ether oxygens (including phenoxy) is 1. The predicted molar refractivity (Wildman–Crippen MR) is 82.3 cm³/mol. The van der Waals surface area contributed by atoms with Crippen LogP contribution in [0.1, 0.15) is 0 Å². The fourth-order valence-corrected chi connectivity index (χ4v) is 2.70. The molecule has 1 amide bonds. The highest BCUT2D eigenvalue weighted by molar-refractivity contribution is 5.89. The molecule has 0 saturated carbocycles. The van der Waals surface area contributed by atoms with Crippen LogP contribution in [-0.2, 0) is 11.3 Å². The van der Waals surface area contributed by atoms with Crippen molar-refractivity contribution < 1.29 is 13.9 Å². The van der Waals surface area contributed by atoms with E-state index >= 15 is 0 Å². The second kappa shape index (κ2) is 5.28. The smallest absolute Gasteiger partial charge is 0.421 e. The third-order valence-electron chi connectivity index (χ3n) is 3.75. The van der Waals surface area contributed by atoms with Crippen molar-refractivity contribution >= 4 is 23.0 Å². The van der Waals surface area contributed by atoms with Crippen LogP contribution in [0.3, 0.4) is 0 Å². The van der Waals surface area contributed by atoms with Crippen LogP contribution in [0.15, 0.2) is 57.9 Å². The predicted octanol–water partition coefficient (Wildman–Crippen LogP) is 2.01. The maximum absolute atomic E-state index is 12.0. The first kappa shape index (κ1) is 13.6. The first-order chi connectivity index (χ1) is 11.2. The van der Waals surface area contributed by atoms with Gasteiger partial charge in [-0.2, -0.15) is 0 Å². The van der Waals surface area contributed by atoms with E-state index in [-0.39, 0.29) is 6.54 Å². The first-order valence-corrected chi connectivity index (χ1v) is 7.20. The van der Waals surface area contributed by atoms with Gasteiger partial charge in [0.1, 0.15) is 6.10 Å². The number of amides is 1. The summed E-state index contributed by atoms with van der Waals surface area (Å²) in [6, 6.07) is 12.6. The van der Waals surface area contributed by atoms with Crippen molar-refractivity contribution in [1.29, 1.82) is 0 Å². The molecule has 0 aliphatic carbocycles. The quantitative estimate of drug-likeness (QED) is 0.739. The van der Waals surface area contributed by atoms with E-state index in [9.17, 15) is 9.59 Å². The Bertz CT molecular complexity index is 916. The normalized spacial score (nSPS) is 17.7. The molecule has 1 saturated heterocycles. The average Bonchev–Trinajstić information content (AvgIpc) is 3.09. The Labute approximate surface area is 130 Å². The van der Waals surface area contributed by atoms with E-state index in [0.717, 1.165) is 5.69 Å². The van der Waals surface area contributed by atoms with Gasteiger partial charge in [0.25, 0.3) is 0 Å². The minimum atomic E-state index is -0.507. The Morgan fingerprint density at radius 3 is 2.78 bits per heavy atom. The fourth-order valence-electron chi connectivity index (χ4n) is 2.70. The van der Waals surface area contributed by atoms with E-state index in [0.29, 0.717) is 17.8 Å². The van der Waals surface area contributed by atoms with Crippen LogP contribution in [0.2, 0.25) is 0 Å². The summed E-state index contributed by atoms with van der Waals surface area (Å²) >= 11 is 0. The third kappa shape index (κ3) is 2.36. The van der Waals surface area contributed by atoms with Gasteiger partial charge in [0.15, 0.2) is 11.2 Å². The van der Waals surface area contributed by atoms with Crippen LogP contribution in [0.25, 0.3) is 11.2 Å². The molecule has 7 heteroatoms. The second-order valence-electron chi connectivity index (χ2n) is 5.26. The third-order valence-corrected chi connectivity index (χ3v) is 3.75. The van der Waals surface area contributed by atoms with E-state index in [2.05, 4.69) is 4.98 Å².